The van der Waals surface area contributed by atoms with Crippen molar-refractivity contribution in [3.05, 3.63) is 33.5 Å². The van der Waals surface area contributed by atoms with Crippen molar-refractivity contribution in [3.63, 3.8) is 0 Å². The van der Waals surface area contributed by atoms with Crippen molar-refractivity contribution in [2.24, 2.45) is 0 Å². The van der Waals surface area contributed by atoms with Crippen molar-refractivity contribution in [1.29, 1.82) is 0 Å². The van der Waals surface area contributed by atoms with E-state index >= 15 is 0 Å². The second-order valence-electron chi connectivity index (χ2n) is 4.23. The fourth-order valence-electron chi connectivity index (χ4n) is 1.71. The van der Waals surface area contributed by atoms with Crippen LogP contribution >= 0.6 is 22.7 Å². The van der Waals surface area contributed by atoms with Gasteiger partial charge in [-0.05, 0) is 31.8 Å². The highest BCUT2D eigenvalue weighted by atomic mass is 32.1. The molecule has 0 bridgehead atoms. The molecule has 1 N–H and O–H groups in total. The van der Waals surface area contributed by atoms with E-state index in [2.05, 4.69) is 46.7 Å². The normalized spacial score (nSPS) is 11.1. The van der Waals surface area contributed by atoms with Gasteiger partial charge in [0.25, 0.3) is 0 Å². The zero-order valence-electron chi connectivity index (χ0n) is 10.8. The third-order valence-corrected chi connectivity index (χ3v) is 4.50. The average Bonchev–Trinajstić information content (AvgIpc) is 2.99. The van der Waals surface area contributed by atoms with E-state index < -0.39 is 0 Å². The van der Waals surface area contributed by atoms with Gasteiger partial charge in [0.1, 0.15) is 0 Å². The first-order valence-electron chi connectivity index (χ1n) is 6.17. The maximum atomic E-state index is 4.35. The average molecular weight is 281 g/mol. The molecule has 2 aromatic heterocycles. The highest BCUT2D eigenvalue weighted by Crippen LogP contribution is 2.19. The smallest absolute Gasteiger partial charge is 0.182 e. The van der Waals surface area contributed by atoms with Gasteiger partial charge < -0.3 is 10.2 Å². The van der Waals surface area contributed by atoms with Gasteiger partial charge >= 0.3 is 0 Å². The van der Waals surface area contributed by atoms with Gasteiger partial charge in [0, 0.05) is 35.6 Å². The topological polar surface area (TPSA) is 28.2 Å². The predicted octanol–water partition coefficient (Wildman–Crippen LogP) is 3.31. The Bertz CT molecular complexity index is 451. The number of nitrogens with one attached hydrogen (secondary N) is 1. The summed E-state index contributed by atoms with van der Waals surface area (Å²) in [7, 11) is 2.17. The minimum Gasteiger partial charge on any atom is -0.362 e. The van der Waals surface area contributed by atoms with E-state index in [-0.39, 0.29) is 0 Å². The van der Waals surface area contributed by atoms with Gasteiger partial charge in [-0.25, -0.2) is 4.98 Å². The first-order chi connectivity index (χ1) is 8.78. The molecule has 5 heteroatoms. The molecule has 18 heavy (non-hydrogen) atoms. The molecule has 0 amide bonds. The maximum Gasteiger partial charge on any atom is 0.182 e. The maximum absolute atomic E-state index is 4.35. The van der Waals surface area contributed by atoms with Crippen molar-refractivity contribution in [3.8, 4) is 0 Å². The lowest BCUT2D eigenvalue weighted by Gasteiger charge is -2.14. The summed E-state index contributed by atoms with van der Waals surface area (Å²) in [5.41, 5.74) is 0. The number of anilines is 1. The van der Waals surface area contributed by atoms with E-state index in [9.17, 15) is 0 Å². The van der Waals surface area contributed by atoms with E-state index in [0.717, 1.165) is 31.2 Å². The Morgan fingerprint density at radius 3 is 3.00 bits per heavy atom. The SMILES string of the molecule is CCNc1ncc(CN(C)CCc2cccs2)s1. The molecule has 0 unspecified atom stereocenters. The van der Waals surface area contributed by atoms with Gasteiger partial charge in [0.2, 0.25) is 0 Å². The van der Waals surface area contributed by atoms with Crippen LogP contribution in [-0.2, 0) is 13.0 Å². The molecule has 0 saturated heterocycles. The summed E-state index contributed by atoms with van der Waals surface area (Å²) < 4.78 is 0. The zero-order valence-corrected chi connectivity index (χ0v) is 12.5. The first-order valence-corrected chi connectivity index (χ1v) is 7.87. The molecule has 2 heterocycles. The molecule has 0 aliphatic heterocycles. The van der Waals surface area contributed by atoms with Crippen molar-refractivity contribution in [1.82, 2.24) is 9.88 Å². The second kappa shape index (κ2) is 6.87. The van der Waals surface area contributed by atoms with Crippen LogP contribution in [0.2, 0.25) is 0 Å². The van der Waals surface area contributed by atoms with Crippen LogP contribution in [0.5, 0.6) is 0 Å². The first kappa shape index (κ1) is 13.5. The van der Waals surface area contributed by atoms with Crippen LogP contribution in [0.15, 0.2) is 23.7 Å². The van der Waals surface area contributed by atoms with Crippen LogP contribution in [0, 0.1) is 0 Å². The van der Waals surface area contributed by atoms with Crippen molar-refractivity contribution in [2.75, 3.05) is 25.5 Å². The van der Waals surface area contributed by atoms with E-state index in [4.69, 9.17) is 0 Å². The van der Waals surface area contributed by atoms with Crippen LogP contribution in [0.3, 0.4) is 0 Å². The zero-order chi connectivity index (χ0) is 12.8. The number of hydrogen-bond donors (Lipinski definition) is 1. The number of hydrogen-bond acceptors (Lipinski definition) is 5. The summed E-state index contributed by atoms with van der Waals surface area (Å²) in [5, 5.41) is 6.41. The van der Waals surface area contributed by atoms with E-state index in [1.165, 1.54) is 9.75 Å². The molecule has 2 aromatic rings. The molecule has 0 aliphatic rings. The number of rotatable bonds is 7. The quantitative estimate of drug-likeness (QED) is 0.844. The van der Waals surface area contributed by atoms with Gasteiger partial charge in [-0.2, -0.15) is 0 Å². The molecule has 2 rings (SSSR count). The molecule has 0 saturated carbocycles. The summed E-state index contributed by atoms with van der Waals surface area (Å²) in [6.45, 7) is 5.10. The molecule has 98 valence electrons. The molecule has 0 spiro atoms. The monoisotopic (exact) mass is 281 g/mol. The summed E-state index contributed by atoms with van der Waals surface area (Å²) in [6.07, 6.45) is 3.11. The number of likely N-dealkylation sites (N-methyl/N-ethyl adjacent to an activating group) is 1. The van der Waals surface area contributed by atoms with Gasteiger partial charge in [-0.1, -0.05) is 6.07 Å². The molecule has 0 fully saturated rings. The lowest BCUT2D eigenvalue weighted by molar-refractivity contribution is 0.335. The van der Waals surface area contributed by atoms with Gasteiger partial charge in [0.05, 0.1) is 0 Å². The Hall–Kier alpha value is -0.910. The van der Waals surface area contributed by atoms with Crippen LogP contribution in [-0.4, -0.2) is 30.0 Å². The lowest BCUT2D eigenvalue weighted by Crippen LogP contribution is -2.19. The Morgan fingerprint density at radius 1 is 1.39 bits per heavy atom. The molecular formula is C13H19N3S2. The van der Waals surface area contributed by atoms with Gasteiger partial charge in [-0.15, -0.1) is 22.7 Å². The third kappa shape index (κ3) is 4.08. The van der Waals surface area contributed by atoms with E-state index in [1.807, 2.05) is 17.5 Å². The minimum atomic E-state index is 0.932. The Balaban J connectivity index is 1.77. The Kier molecular flexibility index (Phi) is 5.16. The highest BCUT2D eigenvalue weighted by molar-refractivity contribution is 7.15. The van der Waals surface area contributed by atoms with Crippen LogP contribution in [0.4, 0.5) is 5.13 Å². The molecule has 0 aliphatic carbocycles. The van der Waals surface area contributed by atoms with E-state index in [0.29, 0.717) is 0 Å². The standard InChI is InChI=1S/C13H19N3S2/c1-3-14-13-15-9-12(18-13)10-16(2)7-6-11-5-4-8-17-11/h4-5,8-9H,3,6-7,10H2,1-2H3,(H,14,15). The summed E-state index contributed by atoms with van der Waals surface area (Å²) in [4.78, 5) is 9.48. The molecule has 0 atom stereocenters. The van der Waals surface area contributed by atoms with Crippen LogP contribution in [0.25, 0.3) is 0 Å². The number of thiazole rings is 1. The minimum absolute atomic E-state index is 0.932. The Morgan fingerprint density at radius 2 is 2.28 bits per heavy atom. The summed E-state index contributed by atoms with van der Waals surface area (Å²) in [5.74, 6) is 0. The lowest BCUT2D eigenvalue weighted by atomic mass is 10.3. The fraction of sp³-hybridized carbons (Fsp3) is 0.462. The summed E-state index contributed by atoms with van der Waals surface area (Å²) >= 11 is 3.58. The molecule has 0 aromatic carbocycles. The van der Waals surface area contributed by atoms with Crippen LogP contribution < -0.4 is 5.32 Å². The molecule has 3 nitrogen and oxygen atoms in total. The fourth-order valence-corrected chi connectivity index (χ4v) is 3.37. The predicted molar refractivity (Wildman–Crippen MR) is 80.6 cm³/mol. The summed E-state index contributed by atoms with van der Waals surface area (Å²) in [6, 6.07) is 4.32. The number of thiophene rings is 1. The molecular weight excluding hydrogens is 262 g/mol. The van der Waals surface area contributed by atoms with E-state index in [1.54, 1.807) is 11.3 Å². The highest BCUT2D eigenvalue weighted by Gasteiger charge is 2.05. The van der Waals surface area contributed by atoms with Gasteiger partial charge in [-0.3, -0.25) is 0 Å². The largest absolute Gasteiger partial charge is 0.362 e. The third-order valence-electron chi connectivity index (χ3n) is 2.63. The van der Waals surface area contributed by atoms with Crippen molar-refractivity contribution >= 4 is 27.8 Å². The van der Waals surface area contributed by atoms with Gasteiger partial charge in [0.15, 0.2) is 5.13 Å². The van der Waals surface area contributed by atoms with Crippen LogP contribution in [0.1, 0.15) is 16.7 Å². The number of nitrogens with zero attached hydrogens (tertiary/aromatic N) is 2. The number of aromatic nitrogens is 1. The Labute approximate surface area is 116 Å². The van der Waals surface area contributed by atoms with Crippen molar-refractivity contribution < 1.29 is 0 Å². The molecule has 0 radical (unpaired) electrons. The second-order valence-corrected chi connectivity index (χ2v) is 6.38. The van der Waals surface area contributed by atoms with Crippen molar-refractivity contribution in [2.45, 2.75) is 19.9 Å².